The van der Waals surface area contributed by atoms with Crippen molar-refractivity contribution < 1.29 is 13.9 Å². The maximum Gasteiger partial charge on any atom is 0.132 e. The van der Waals surface area contributed by atoms with Gasteiger partial charge in [0.25, 0.3) is 0 Å². The van der Waals surface area contributed by atoms with Gasteiger partial charge in [0.1, 0.15) is 11.6 Å². The predicted octanol–water partition coefficient (Wildman–Crippen LogP) is 3.61. The van der Waals surface area contributed by atoms with Crippen molar-refractivity contribution in [3.05, 3.63) is 35.4 Å². The minimum atomic E-state index is -1.37. The molecule has 1 aliphatic carbocycles. The lowest BCUT2D eigenvalue weighted by Crippen LogP contribution is -2.40. The molecule has 0 saturated heterocycles. The summed E-state index contributed by atoms with van der Waals surface area (Å²) in [6.45, 7) is 3.87. The molecule has 0 aliphatic heterocycles. The van der Waals surface area contributed by atoms with Crippen LogP contribution in [0.4, 0.5) is 8.78 Å². The Labute approximate surface area is 100 Å². The fourth-order valence-corrected chi connectivity index (χ4v) is 2.87. The van der Waals surface area contributed by atoms with Crippen molar-refractivity contribution in [1.29, 1.82) is 0 Å². The van der Waals surface area contributed by atoms with Gasteiger partial charge in [0.05, 0.1) is 11.2 Å². The third-order valence-corrected chi connectivity index (χ3v) is 3.96. The van der Waals surface area contributed by atoms with Crippen molar-refractivity contribution in [2.45, 2.75) is 38.7 Å². The van der Waals surface area contributed by atoms with Gasteiger partial charge in [0.2, 0.25) is 0 Å². The molecule has 94 valence electrons. The molecule has 3 heteroatoms. The molecular weight excluding hydrogens is 222 g/mol. The first-order valence-corrected chi connectivity index (χ1v) is 6.12. The molecule has 0 radical (unpaired) electrons. The standard InChI is InChI=1S/C14H18F2O/c1-9-6-7-10(2)14(17,8-9)13-11(15)4-3-5-12(13)16/h3-5,9-10,17H,6-8H2,1-2H3. The highest BCUT2D eigenvalue weighted by molar-refractivity contribution is 5.27. The fourth-order valence-electron chi connectivity index (χ4n) is 2.87. The molecule has 1 saturated carbocycles. The number of rotatable bonds is 1. The van der Waals surface area contributed by atoms with Crippen LogP contribution in [0.15, 0.2) is 18.2 Å². The van der Waals surface area contributed by atoms with E-state index in [9.17, 15) is 13.9 Å². The highest BCUT2D eigenvalue weighted by Crippen LogP contribution is 2.45. The third-order valence-electron chi connectivity index (χ3n) is 3.96. The molecule has 2 rings (SSSR count). The van der Waals surface area contributed by atoms with Crippen molar-refractivity contribution >= 4 is 0 Å². The van der Waals surface area contributed by atoms with Gasteiger partial charge in [-0.3, -0.25) is 0 Å². The van der Waals surface area contributed by atoms with Gasteiger partial charge in [-0.1, -0.05) is 26.3 Å². The van der Waals surface area contributed by atoms with Crippen LogP contribution >= 0.6 is 0 Å². The molecular formula is C14H18F2O. The zero-order valence-corrected chi connectivity index (χ0v) is 10.2. The van der Waals surface area contributed by atoms with Crippen LogP contribution < -0.4 is 0 Å². The van der Waals surface area contributed by atoms with Crippen LogP contribution in [0.3, 0.4) is 0 Å². The quantitative estimate of drug-likeness (QED) is 0.795. The van der Waals surface area contributed by atoms with Crippen LogP contribution in [0.25, 0.3) is 0 Å². The fraction of sp³-hybridized carbons (Fsp3) is 0.571. The van der Waals surface area contributed by atoms with E-state index < -0.39 is 17.2 Å². The normalized spacial score (nSPS) is 33.7. The van der Waals surface area contributed by atoms with Gasteiger partial charge < -0.3 is 5.11 Å². The first kappa shape index (κ1) is 12.5. The summed E-state index contributed by atoms with van der Waals surface area (Å²) in [4.78, 5) is 0. The Morgan fingerprint density at radius 2 is 1.76 bits per heavy atom. The summed E-state index contributed by atoms with van der Waals surface area (Å²) in [5, 5.41) is 10.7. The third kappa shape index (κ3) is 2.08. The maximum atomic E-state index is 13.8. The highest BCUT2D eigenvalue weighted by atomic mass is 19.1. The van der Waals surface area contributed by atoms with Gasteiger partial charge in [0, 0.05) is 0 Å². The monoisotopic (exact) mass is 240 g/mol. The Kier molecular flexibility index (Phi) is 3.21. The van der Waals surface area contributed by atoms with Crippen LogP contribution in [0, 0.1) is 23.5 Å². The first-order chi connectivity index (χ1) is 7.95. The summed E-state index contributed by atoms with van der Waals surface area (Å²) in [6, 6.07) is 3.75. The number of benzene rings is 1. The second-order valence-corrected chi connectivity index (χ2v) is 5.31. The number of halogens is 2. The summed E-state index contributed by atoms with van der Waals surface area (Å²) < 4.78 is 27.6. The highest BCUT2D eigenvalue weighted by Gasteiger charge is 2.43. The largest absolute Gasteiger partial charge is 0.385 e. The molecule has 17 heavy (non-hydrogen) atoms. The van der Waals surface area contributed by atoms with E-state index in [1.807, 2.05) is 13.8 Å². The van der Waals surface area contributed by atoms with Gasteiger partial charge >= 0.3 is 0 Å². The number of hydrogen-bond donors (Lipinski definition) is 1. The van der Waals surface area contributed by atoms with Crippen LogP contribution in [-0.4, -0.2) is 5.11 Å². The molecule has 3 atom stereocenters. The average molecular weight is 240 g/mol. The SMILES string of the molecule is CC1CCC(C)C(O)(c2c(F)cccc2F)C1. The Morgan fingerprint density at radius 3 is 2.35 bits per heavy atom. The zero-order chi connectivity index (χ0) is 12.6. The van der Waals surface area contributed by atoms with E-state index in [0.717, 1.165) is 12.8 Å². The first-order valence-electron chi connectivity index (χ1n) is 6.12. The van der Waals surface area contributed by atoms with Gasteiger partial charge in [-0.25, -0.2) is 8.78 Å². The predicted molar refractivity (Wildman–Crippen MR) is 62.4 cm³/mol. The molecule has 1 aromatic rings. The Bertz CT molecular complexity index is 398. The van der Waals surface area contributed by atoms with Crippen molar-refractivity contribution in [1.82, 2.24) is 0 Å². The molecule has 0 amide bonds. The van der Waals surface area contributed by atoms with Crippen LogP contribution in [0.1, 0.15) is 38.7 Å². The van der Waals surface area contributed by atoms with Crippen molar-refractivity contribution in [2.75, 3.05) is 0 Å². The molecule has 0 bridgehead atoms. The van der Waals surface area contributed by atoms with E-state index in [1.165, 1.54) is 18.2 Å². The van der Waals surface area contributed by atoms with Crippen LogP contribution in [-0.2, 0) is 5.60 Å². The summed E-state index contributed by atoms with van der Waals surface area (Å²) in [6.07, 6.45) is 2.22. The minimum Gasteiger partial charge on any atom is -0.385 e. The van der Waals surface area contributed by atoms with E-state index in [0.29, 0.717) is 6.42 Å². The van der Waals surface area contributed by atoms with Gasteiger partial charge in [-0.2, -0.15) is 0 Å². The Morgan fingerprint density at radius 1 is 1.18 bits per heavy atom. The molecule has 0 spiro atoms. The lowest BCUT2D eigenvalue weighted by molar-refractivity contribution is -0.0677. The van der Waals surface area contributed by atoms with E-state index in [4.69, 9.17) is 0 Å². The molecule has 0 heterocycles. The second kappa shape index (κ2) is 4.37. The summed E-state index contributed by atoms with van der Waals surface area (Å²) in [5.41, 5.74) is -1.52. The van der Waals surface area contributed by atoms with Gasteiger partial charge in [-0.15, -0.1) is 0 Å². The molecule has 1 fully saturated rings. The van der Waals surface area contributed by atoms with E-state index in [-0.39, 0.29) is 17.4 Å². The van der Waals surface area contributed by atoms with Crippen molar-refractivity contribution in [3.8, 4) is 0 Å². The summed E-state index contributed by atoms with van der Waals surface area (Å²) in [5.74, 6) is -1.12. The van der Waals surface area contributed by atoms with E-state index in [2.05, 4.69) is 0 Å². The van der Waals surface area contributed by atoms with Crippen molar-refractivity contribution in [3.63, 3.8) is 0 Å². The molecule has 1 aliphatic rings. The molecule has 3 unspecified atom stereocenters. The van der Waals surface area contributed by atoms with E-state index in [1.54, 1.807) is 0 Å². The van der Waals surface area contributed by atoms with Crippen LogP contribution in [0.5, 0.6) is 0 Å². The maximum absolute atomic E-state index is 13.8. The summed E-state index contributed by atoms with van der Waals surface area (Å²) >= 11 is 0. The minimum absolute atomic E-state index is 0.120. The summed E-state index contributed by atoms with van der Waals surface area (Å²) in [7, 11) is 0. The lowest BCUT2D eigenvalue weighted by Gasteiger charge is -2.41. The Hall–Kier alpha value is -0.960. The zero-order valence-electron chi connectivity index (χ0n) is 10.2. The Balaban J connectivity index is 2.49. The second-order valence-electron chi connectivity index (χ2n) is 5.31. The molecule has 1 nitrogen and oxygen atoms in total. The van der Waals surface area contributed by atoms with Gasteiger partial charge in [0.15, 0.2) is 0 Å². The van der Waals surface area contributed by atoms with Crippen LogP contribution in [0.2, 0.25) is 0 Å². The number of hydrogen-bond acceptors (Lipinski definition) is 1. The van der Waals surface area contributed by atoms with E-state index >= 15 is 0 Å². The lowest BCUT2D eigenvalue weighted by atomic mass is 9.68. The molecule has 1 aromatic carbocycles. The number of aliphatic hydroxyl groups is 1. The smallest absolute Gasteiger partial charge is 0.132 e. The molecule has 0 aromatic heterocycles. The topological polar surface area (TPSA) is 20.2 Å². The van der Waals surface area contributed by atoms with Crippen molar-refractivity contribution in [2.24, 2.45) is 11.8 Å². The molecule has 1 N–H and O–H groups in total. The van der Waals surface area contributed by atoms with Gasteiger partial charge in [-0.05, 0) is 36.8 Å². The average Bonchev–Trinajstić information content (AvgIpc) is 2.23.